The summed E-state index contributed by atoms with van der Waals surface area (Å²) in [6.07, 6.45) is 0.701. The van der Waals surface area contributed by atoms with Crippen LogP contribution in [0.25, 0.3) is 0 Å². The van der Waals surface area contributed by atoms with Crippen LogP contribution in [-0.4, -0.2) is 65.0 Å². The number of hydrogen-bond acceptors (Lipinski definition) is 3. The number of rotatable bonds is 3. The van der Waals surface area contributed by atoms with Crippen molar-refractivity contribution in [1.82, 2.24) is 15.1 Å². The van der Waals surface area contributed by atoms with E-state index < -0.39 is 12.0 Å². The van der Waals surface area contributed by atoms with Gasteiger partial charge in [-0.1, -0.05) is 13.8 Å². The van der Waals surface area contributed by atoms with E-state index in [0.717, 1.165) is 0 Å². The summed E-state index contributed by atoms with van der Waals surface area (Å²) in [5, 5.41) is 11.6. The third kappa shape index (κ3) is 4.40. The molecule has 0 bridgehead atoms. The number of amides is 3. The van der Waals surface area contributed by atoms with Crippen molar-refractivity contribution in [2.75, 3.05) is 26.2 Å². The van der Waals surface area contributed by atoms with Crippen molar-refractivity contribution in [2.24, 2.45) is 5.92 Å². The van der Waals surface area contributed by atoms with E-state index in [2.05, 4.69) is 5.32 Å². The van der Waals surface area contributed by atoms with Gasteiger partial charge in [0, 0.05) is 33.1 Å². The number of urea groups is 1. The first-order valence-electron chi connectivity index (χ1n) is 6.86. The van der Waals surface area contributed by atoms with Gasteiger partial charge in [-0.25, -0.2) is 9.59 Å². The monoisotopic (exact) mass is 285 g/mol. The molecule has 20 heavy (non-hydrogen) atoms. The number of nitrogens with one attached hydrogen (secondary N) is 1. The zero-order valence-corrected chi connectivity index (χ0v) is 12.3. The van der Waals surface area contributed by atoms with E-state index in [1.165, 1.54) is 6.92 Å². The van der Waals surface area contributed by atoms with Crippen molar-refractivity contribution in [3.8, 4) is 0 Å². The summed E-state index contributed by atoms with van der Waals surface area (Å²) in [6, 6.07) is -1.27. The maximum absolute atomic E-state index is 12.1. The van der Waals surface area contributed by atoms with Crippen LogP contribution in [0.2, 0.25) is 0 Å². The molecule has 0 aliphatic carbocycles. The number of nitrogens with zero attached hydrogens (tertiary/aromatic N) is 2. The predicted octanol–water partition coefficient (Wildman–Crippen LogP) is 0.359. The van der Waals surface area contributed by atoms with Crippen LogP contribution in [0.1, 0.15) is 27.2 Å². The van der Waals surface area contributed by atoms with E-state index in [0.29, 0.717) is 32.6 Å². The lowest BCUT2D eigenvalue weighted by atomic mass is 10.1. The first-order chi connectivity index (χ1) is 9.32. The first kappa shape index (κ1) is 16.3. The SMILES string of the molecule is CC(=O)N1CCCN(C(=O)N[C@H](C(=O)O)C(C)C)CC1. The van der Waals surface area contributed by atoms with Crippen molar-refractivity contribution < 1.29 is 19.5 Å². The largest absolute Gasteiger partial charge is 0.480 e. The van der Waals surface area contributed by atoms with Crippen molar-refractivity contribution in [3.05, 3.63) is 0 Å². The second-order valence-electron chi connectivity index (χ2n) is 5.36. The molecule has 1 heterocycles. The van der Waals surface area contributed by atoms with Gasteiger partial charge >= 0.3 is 12.0 Å². The molecule has 1 fully saturated rings. The van der Waals surface area contributed by atoms with Crippen molar-refractivity contribution in [3.63, 3.8) is 0 Å². The Kier molecular flexibility index (Phi) is 5.79. The fourth-order valence-electron chi connectivity index (χ4n) is 2.17. The lowest BCUT2D eigenvalue weighted by molar-refractivity contribution is -0.140. The molecule has 0 radical (unpaired) electrons. The second kappa shape index (κ2) is 7.12. The standard InChI is InChI=1S/C13H23N3O4/c1-9(2)11(12(18)19)14-13(20)16-6-4-5-15(7-8-16)10(3)17/h9,11H,4-8H2,1-3H3,(H,14,20)(H,18,19)/t11-/m0/s1. The maximum Gasteiger partial charge on any atom is 0.326 e. The molecule has 1 saturated heterocycles. The van der Waals surface area contributed by atoms with Crippen molar-refractivity contribution >= 4 is 17.9 Å². The third-order valence-corrected chi connectivity index (χ3v) is 3.44. The minimum absolute atomic E-state index is 0.00199. The molecule has 2 N–H and O–H groups in total. The Morgan fingerprint density at radius 1 is 1.05 bits per heavy atom. The lowest BCUT2D eigenvalue weighted by Gasteiger charge is -2.25. The van der Waals surface area contributed by atoms with E-state index in [4.69, 9.17) is 5.11 Å². The smallest absolute Gasteiger partial charge is 0.326 e. The summed E-state index contributed by atoms with van der Waals surface area (Å²) in [7, 11) is 0. The van der Waals surface area contributed by atoms with Gasteiger partial charge in [-0.2, -0.15) is 0 Å². The van der Waals surface area contributed by atoms with Crippen LogP contribution in [0.4, 0.5) is 4.79 Å². The summed E-state index contributed by atoms with van der Waals surface area (Å²) in [4.78, 5) is 37.8. The van der Waals surface area contributed by atoms with Gasteiger partial charge in [0.2, 0.25) is 5.91 Å². The Hall–Kier alpha value is -1.79. The molecule has 0 aromatic heterocycles. The molecular weight excluding hydrogens is 262 g/mol. The molecule has 0 aromatic carbocycles. The number of hydrogen-bond donors (Lipinski definition) is 2. The zero-order valence-electron chi connectivity index (χ0n) is 12.3. The highest BCUT2D eigenvalue weighted by atomic mass is 16.4. The Balaban J connectivity index is 2.59. The molecule has 114 valence electrons. The number of aliphatic carboxylic acids is 1. The molecule has 3 amide bonds. The third-order valence-electron chi connectivity index (χ3n) is 3.44. The quantitative estimate of drug-likeness (QED) is 0.783. The predicted molar refractivity (Wildman–Crippen MR) is 73.2 cm³/mol. The normalized spacial score (nSPS) is 17.6. The van der Waals surface area contributed by atoms with Crippen LogP contribution in [-0.2, 0) is 9.59 Å². The lowest BCUT2D eigenvalue weighted by Crippen LogP contribution is -2.51. The van der Waals surface area contributed by atoms with E-state index in [9.17, 15) is 14.4 Å². The minimum Gasteiger partial charge on any atom is -0.480 e. The number of carbonyl (C=O) groups is 3. The summed E-state index contributed by atoms with van der Waals surface area (Å²) >= 11 is 0. The molecule has 0 unspecified atom stereocenters. The number of carbonyl (C=O) groups excluding carboxylic acids is 2. The van der Waals surface area contributed by atoms with Crippen LogP contribution in [0, 0.1) is 5.92 Å². The summed E-state index contributed by atoms with van der Waals surface area (Å²) in [5.41, 5.74) is 0. The van der Waals surface area contributed by atoms with Gasteiger partial charge in [-0.05, 0) is 12.3 Å². The second-order valence-corrected chi connectivity index (χ2v) is 5.36. The highest BCUT2D eigenvalue weighted by molar-refractivity contribution is 5.82. The topological polar surface area (TPSA) is 90.0 Å². The average Bonchev–Trinajstić information content (AvgIpc) is 2.60. The van der Waals surface area contributed by atoms with Crippen LogP contribution < -0.4 is 5.32 Å². The van der Waals surface area contributed by atoms with Crippen molar-refractivity contribution in [1.29, 1.82) is 0 Å². The molecule has 1 aliphatic rings. The Morgan fingerprint density at radius 2 is 1.60 bits per heavy atom. The van der Waals surface area contributed by atoms with Crippen molar-refractivity contribution in [2.45, 2.75) is 33.2 Å². The molecule has 1 aliphatic heterocycles. The van der Waals surface area contributed by atoms with E-state index in [1.54, 1.807) is 23.6 Å². The van der Waals surface area contributed by atoms with Crippen LogP contribution in [0.15, 0.2) is 0 Å². The van der Waals surface area contributed by atoms with Crippen LogP contribution >= 0.6 is 0 Å². The Labute approximate surface area is 118 Å². The molecule has 7 heteroatoms. The van der Waals surface area contributed by atoms with E-state index in [1.807, 2.05) is 0 Å². The van der Waals surface area contributed by atoms with Gasteiger partial charge in [0.05, 0.1) is 0 Å². The average molecular weight is 285 g/mol. The molecular formula is C13H23N3O4. The van der Waals surface area contributed by atoms with Gasteiger partial charge in [0.15, 0.2) is 0 Å². The fourth-order valence-corrected chi connectivity index (χ4v) is 2.17. The van der Waals surface area contributed by atoms with Crippen LogP contribution in [0.3, 0.4) is 0 Å². The van der Waals surface area contributed by atoms with E-state index >= 15 is 0 Å². The number of carboxylic acid groups (broad SMARTS) is 1. The van der Waals surface area contributed by atoms with Crippen LogP contribution in [0.5, 0.6) is 0 Å². The van der Waals surface area contributed by atoms with Gasteiger partial charge < -0.3 is 20.2 Å². The highest BCUT2D eigenvalue weighted by Gasteiger charge is 2.27. The highest BCUT2D eigenvalue weighted by Crippen LogP contribution is 2.06. The summed E-state index contributed by atoms with van der Waals surface area (Å²) in [5.74, 6) is -1.22. The van der Waals surface area contributed by atoms with Gasteiger partial charge in [0.1, 0.15) is 6.04 Å². The molecule has 1 atom stereocenters. The molecule has 0 spiro atoms. The van der Waals surface area contributed by atoms with Gasteiger partial charge in [-0.15, -0.1) is 0 Å². The summed E-state index contributed by atoms with van der Waals surface area (Å²) < 4.78 is 0. The number of carboxylic acids is 1. The molecule has 1 rings (SSSR count). The zero-order chi connectivity index (χ0) is 15.3. The summed E-state index contributed by atoms with van der Waals surface area (Å²) in [6.45, 7) is 7.08. The molecule has 0 saturated carbocycles. The van der Waals surface area contributed by atoms with Gasteiger partial charge in [-0.3, -0.25) is 4.79 Å². The molecule has 0 aromatic rings. The van der Waals surface area contributed by atoms with Gasteiger partial charge in [0.25, 0.3) is 0 Å². The first-order valence-corrected chi connectivity index (χ1v) is 6.86. The Morgan fingerprint density at radius 3 is 2.10 bits per heavy atom. The van der Waals surface area contributed by atoms with E-state index in [-0.39, 0.29) is 17.9 Å². The Bertz CT molecular complexity index is 384. The minimum atomic E-state index is -1.03. The maximum atomic E-state index is 12.1. The molecule has 7 nitrogen and oxygen atoms in total. The fraction of sp³-hybridized carbons (Fsp3) is 0.769.